The predicted octanol–water partition coefficient (Wildman–Crippen LogP) is 3.38. The monoisotopic (exact) mass is 326 g/mol. The van der Waals surface area contributed by atoms with Crippen molar-refractivity contribution in [2.75, 3.05) is 25.0 Å². The average molecular weight is 326 g/mol. The van der Waals surface area contributed by atoms with E-state index in [1.54, 1.807) is 6.07 Å². The van der Waals surface area contributed by atoms with Crippen molar-refractivity contribution in [3.63, 3.8) is 0 Å². The number of aromatic nitrogens is 2. The molecule has 0 aliphatic rings. The number of anilines is 1. The van der Waals surface area contributed by atoms with Gasteiger partial charge < -0.3 is 9.80 Å². The van der Waals surface area contributed by atoms with Gasteiger partial charge in [0.15, 0.2) is 11.5 Å². The fourth-order valence-electron chi connectivity index (χ4n) is 2.60. The van der Waals surface area contributed by atoms with Crippen LogP contribution in [0, 0.1) is 0 Å². The summed E-state index contributed by atoms with van der Waals surface area (Å²) in [5, 5.41) is 8.37. The molecule has 0 atom stereocenters. The molecule has 0 saturated carbocycles. The zero-order chi connectivity index (χ0) is 17.4. The molecule has 1 aromatic carbocycles. The maximum atomic E-state index is 12.5. The Balaban J connectivity index is 2.05. The largest absolute Gasteiger partial charge is 0.354 e. The van der Waals surface area contributed by atoms with Crippen LogP contribution in [-0.4, -0.2) is 41.1 Å². The lowest BCUT2D eigenvalue weighted by Gasteiger charge is -2.21. The summed E-state index contributed by atoms with van der Waals surface area (Å²) in [4.78, 5) is 16.4. The van der Waals surface area contributed by atoms with E-state index >= 15 is 0 Å². The minimum absolute atomic E-state index is 0.0385. The van der Waals surface area contributed by atoms with Gasteiger partial charge >= 0.3 is 0 Å². The number of hydrogen-bond donors (Lipinski definition) is 0. The van der Waals surface area contributed by atoms with Gasteiger partial charge in [0.2, 0.25) is 0 Å². The molecule has 0 fully saturated rings. The Labute approximate surface area is 144 Å². The molecule has 0 radical (unpaired) electrons. The molecule has 0 unspecified atom stereocenters. The number of amides is 1. The number of benzene rings is 1. The molecule has 0 spiro atoms. The molecule has 0 bridgehead atoms. The molecular weight excluding hydrogens is 300 g/mol. The minimum Gasteiger partial charge on any atom is -0.354 e. The topological polar surface area (TPSA) is 49.3 Å². The second-order valence-electron chi connectivity index (χ2n) is 5.91. The van der Waals surface area contributed by atoms with Crippen LogP contribution in [0.3, 0.4) is 0 Å². The van der Waals surface area contributed by atoms with E-state index in [-0.39, 0.29) is 5.91 Å². The van der Waals surface area contributed by atoms with Crippen molar-refractivity contribution < 1.29 is 4.79 Å². The molecule has 24 heavy (non-hydrogen) atoms. The fourth-order valence-corrected chi connectivity index (χ4v) is 2.60. The number of rotatable bonds is 8. The molecule has 0 saturated heterocycles. The first kappa shape index (κ1) is 17.9. The van der Waals surface area contributed by atoms with Crippen LogP contribution in [0.15, 0.2) is 42.5 Å². The number of carbonyl (C=O) groups excluding carboxylic acids is 1. The zero-order valence-electron chi connectivity index (χ0n) is 14.8. The van der Waals surface area contributed by atoms with Crippen molar-refractivity contribution >= 4 is 11.7 Å². The molecule has 5 heteroatoms. The number of carbonyl (C=O) groups is 1. The lowest BCUT2D eigenvalue weighted by molar-refractivity contribution is 0.0748. The standard InChI is InChI=1S/C19H26N4O/c1-4-13-23(14-5-2)19(24)17-11-12-18(21-20-17)22(3)15-16-9-7-6-8-10-16/h6-12H,4-5,13-15H2,1-3H3. The van der Waals surface area contributed by atoms with E-state index < -0.39 is 0 Å². The lowest BCUT2D eigenvalue weighted by Crippen LogP contribution is -2.33. The van der Waals surface area contributed by atoms with Crippen LogP contribution in [0.4, 0.5) is 5.82 Å². The van der Waals surface area contributed by atoms with Crippen molar-refractivity contribution in [1.82, 2.24) is 15.1 Å². The Morgan fingerprint density at radius 2 is 1.62 bits per heavy atom. The molecule has 5 nitrogen and oxygen atoms in total. The van der Waals surface area contributed by atoms with Gasteiger partial charge in [0.25, 0.3) is 5.91 Å². The van der Waals surface area contributed by atoms with Gasteiger partial charge in [-0.05, 0) is 30.5 Å². The average Bonchev–Trinajstić information content (AvgIpc) is 2.62. The van der Waals surface area contributed by atoms with Crippen LogP contribution < -0.4 is 4.90 Å². The molecule has 1 amide bonds. The molecule has 2 aromatic rings. The molecule has 1 aromatic heterocycles. The van der Waals surface area contributed by atoms with Gasteiger partial charge in [-0.2, -0.15) is 0 Å². The van der Waals surface area contributed by atoms with Gasteiger partial charge in [0.05, 0.1) is 0 Å². The summed E-state index contributed by atoms with van der Waals surface area (Å²) in [5.74, 6) is 0.719. The molecule has 0 N–H and O–H groups in total. The molecule has 128 valence electrons. The van der Waals surface area contributed by atoms with Gasteiger partial charge in [-0.3, -0.25) is 4.79 Å². The smallest absolute Gasteiger partial charge is 0.274 e. The van der Waals surface area contributed by atoms with Gasteiger partial charge in [-0.25, -0.2) is 0 Å². The summed E-state index contributed by atoms with van der Waals surface area (Å²) in [6, 6.07) is 13.8. The van der Waals surface area contributed by atoms with Crippen LogP contribution in [0.5, 0.6) is 0 Å². The van der Waals surface area contributed by atoms with Crippen molar-refractivity contribution in [2.45, 2.75) is 33.2 Å². The summed E-state index contributed by atoms with van der Waals surface area (Å²) >= 11 is 0. The highest BCUT2D eigenvalue weighted by Gasteiger charge is 2.16. The molecule has 1 heterocycles. The zero-order valence-corrected chi connectivity index (χ0v) is 14.8. The van der Waals surface area contributed by atoms with E-state index in [0.717, 1.165) is 38.3 Å². The van der Waals surface area contributed by atoms with Gasteiger partial charge in [0, 0.05) is 26.7 Å². The number of nitrogens with zero attached hydrogens (tertiary/aromatic N) is 4. The van der Waals surface area contributed by atoms with Gasteiger partial charge in [-0.1, -0.05) is 44.2 Å². The minimum atomic E-state index is -0.0385. The third kappa shape index (κ3) is 4.78. The van der Waals surface area contributed by atoms with Crippen molar-refractivity contribution in [1.29, 1.82) is 0 Å². The Bertz CT molecular complexity index is 622. The highest BCUT2D eigenvalue weighted by molar-refractivity contribution is 5.92. The predicted molar refractivity (Wildman–Crippen MR) is 97.1 cm³/mol. The summed E-state index contributed by atoms with van der Waals surface area (Å²) in [6.45, 7) is 6.40. The first-order valence-electron chi connectivity index (χ1n) is 8.53. The van der Waals surface area contributed by atoms with E-state index in [4.69, 9.17) is 0 Å². The van der Waals surface area contributed by atoms with E-state index in [9.17, 15) is 4.79 Å². The van der Waals surface area contributed by atoms with Crippen LogP contribution in [0.2, 0.25) is 0 Å². The summed E-state index contributed by atoms with van der Waals surface area (Å²) in [6.07, 6.45) is 1.88. The molecular formula is C19H26N4O. The van der Waals surface area contributed by atoms with E-state index in [1.165, 1.54) is 5.56 Å². The highest BCUT2D eigenvalue weighted by atomic mass is 16.2. The van der Waals surface area contributed by atoms with Gasteiger partial charge in [-0.15, -0.1) is 10.2 Å². The van der Waals surface area contributed by atoms with Crippen molar-refractivity contribution in [3.05, 3.63) is 53.7 Å². The highest BCUT2D eigenvalue weighted by Crippen LogP contribution is 2.13. The lowest BCUT2D eigenvalue weighted by atomic mass is 10.2. The summed E-state index contributed by atoms with van der Waals surface area (Å²) in [5.41, 5.74) is 1.62. The van der Waals surface area contributed by atoms with Crippen LogP contribution in [0.25, 0.3) is 0 Å². The Morgan fingerprint density at radius 3 is 2.17 bits per heavy atom. The van der Waals surface area contributed by atoms with Crippen LogP contribution >= 0.6 is 0 Å². The van der Waals surface area contributed by atoms with Crippen molar-refractivity contribution in [2.24, 2.45) is 0 Å². The summed E-state index contributed by atoms with van der Waals surface area (Å²) < 4.78 is 0. The van der Waals surface area contributed by atoms with E-state index in [0.29, 0.717) is 5.69 Å². The van der Waals surface area contributed by atoms with E-state index in [1.807, 2.05) is 41.1 Å². The molecule has 2 rings (SSSR count). The van der Waals surface area contributed by atoms with Crippen LogP contribution in [-0.2, 0) is 6.54 Å². The third-order valence-corrected chi connectivity index (χ3v) is 3.80. The summed E-state index contributed by atoms with van der Waals surface area (Å²) in [7, 11) is 1.97. The molecule has 0 aliphatic carbocycles. The maximum absolute atomic E-state index is 12.5. The Hall–Kier alpha value is -2.43. The van der Waals surface area contributed by atoms with Crippen molar-refractivity contribution in [3.8, 4) is 0 Å². The normalized spacial score (nSPS) is 10.5. The second-order valence-corrected chi connectivity index (χ2v) is 5.91. The van der Waals surface area contributed by atoms with E-state index in [2.05, 4.69) is 36.2 Å². The first-order valence-corrected chi connectivity index (χ1v) is 8.53. The number of hydrogen-bond acceptors (Lipinski definition) is 4. The first-order chi connectivity index (χ1) is 11.7. The Morgan fingerprint density at radius 1 is 0.958 bits per heavy atom. The maximum Gasteiger partial charge on any atom is 0.274 e. The SMILES string of the molecule is CCCN(CCC)C(=O)c1ccc(N(C)Cc2ccccc2)nn1. The molecule has 0 aliphatic heterocycles. The fraction of sp³-hybridized carbons (Fsp3) is 0.421. The van der Waals surface area contributed by atoms with Gasteiger partial charge in [0.1, 0.15) is 0 Å². The Kier molecular flexibility index (Phi) is 6.73. The van der Waals surface area contributed by atoms with Crippen LogP contribution in [0.1, 0.15) is 42.7 Å². The third-order valence-electron chi connectivity index (χ3n) is 3.80. The second kappa shape index (κ2) is 9.01. The quantitative estimate of drug-likeness (QED) is 0.746.